The van der Waals surface area contributed by atoms with Gasteiger partial charge in [-0.05, 0) is 30.3 Å². The quantitative estimate of drug-likeness (QED) is 0.760. The van der Waals surface area contributed by atoms with Crippen molar-refractivity contribution in [3.05, 3.63) is 53.8 Å². The molecule has 0 radical (unpaired) electrons. The van der Waals surface area contributed by atoms with E-state index in [0.29, 0.717) is 10.7 Å². The highest BCUT2D eigenvalue weighted by Gasteiger charge is 2.22. The van der Waals surface area contributed by atoms with E-state index >= 15 is 0 Å². The standard InChI is InChI=1S/C17H17ClN4O2S/c18-13-2-1-3-14(12-13)25(23,24)22-9-5-15-16(4-6-20-17(15)22)21-10-7-19-8-11-21/h1-6,9,12,19H,7-8,10-11H2. The number of hydrogen-bond donors (Lipinski definition) is 1. The Kier molecular flexibility index (Phi) is 4.15. The summed E-state index contributed by atoms with van der Waals surface area (Å²) in [6, 6.07) is 10.00. The van der Waals surface area contributed by atoms with Crippen molar-refractivity contribution in [1.29, 1.82) is 0 Å². The lowest BCUT2D eigenvalue weighted by atomic mass is 10.2. The van der Waals surface area contributed by atoms with Crippen LogP contribution >= 0.6 is 11.6 Å². The van der Waals surface area contributed by atoms with Crippen molar-refractivity contribution < 1.29 is 8.42 Å². The molecule has 3 aromatic rings. The topological polar surface area (TPSA) is 67.2 Å². The van der Waals surface area contributed by atoms with E-state index in [9.17, 15) is 8.42 Å². The summed E-state index contributed by atoms with van der Waals surface area (Å²) in [4.78, 5) is 6.71. The van der Waals surface area contributed by atoms with Crippen LogP contribution in [0.15, 0.2) is 53.7 Å². The molecular weight excluding hydrogens is 360 g/mol. The maximum atomic E-state index is 13.0. The van der Waals surface area contributed by atoms with Gasteiger partial charge in [0.2, 0.25) is 0 Å². The van der Waals surface area contributed by atoms with Gasteiger partial charge in [-0.25, -0.2) is 17.4 Å². The first-order chi connectivity index (χ1) is 12.1. The smallest absolute Gasteiger partial charge is 0.269 e. The third kappa shape index (κ3) is 2.88. The Labute approximate surface area is 151 Å². The van der Waals surface area contributed by atoms with Crippen LogP contribution in [0, 0.1) is 0 Å². The van der Waals surface area contributed by atoms with E-state index in [2.05, 4.69) is 15.2 Å². The number of nitrogens with one attached hydrogen (secondary N) is 1. The summed E-state index contributed by atoms with van der Waals surface area (Å²) >= 11 is 5.96. The molecule has 0 atom stereocenters. The molecule has 4 rings (SSSR count). The number of pyridine rings is 1. The Balaban J connectivity index is 1.84. The molecule has 130 valence electrons. The third-order valence-electron chi connectivity index (χ3n) is 4.34. The molecule has 0 aliphatic carbocycles. The molecule has 25 heavy (non-hydrogen) atoms. The molecule has 3 heterocycles. The van der Waals surface area contributed by atoms with E-state index in [1.165, 1.54) is 16.1 Å². The van der Waals surface area contributed by atoms with Gasteiger partial charge in [-0.3, -0.25) is 0 Å². The zero-order chi connectivity index (χ0) is 17.4. The van der Waals surface area contributed by atoms with Gasteiger partial charge >= 0.3 is 0 Å². The summed E-state index contributed by atoms with van der Waals surface area (Å²) in [6.07, 6.45) is 3.21. The molecule has 6 nitrogen and oxygen atoms in total. The van der Waals surface area contributed by atoms with Gasteiger partial charge in [-0.1, -0.05) is 17.7 Å². The van der Waals surface area contributed by atoms with Crippen LogP contribution in [0.5, 0.6) is 0 Å². The average molecular weight is 377 g/mol. The Bertz CT molecular complexity index is 1030. The van der Waals surface area contributed by atoms with E-state index in [1.807, 2.05) is 12.1 Å². The highest BCUT2D eigenvalue weighted by molar-refractivity contribution is 7.90. The third-order valence-corrected chi connectivity index (χ3v) is 6.24. The van der Waals surface area contributed by atoms with Crippen LogP contribution in [-0.4, -0.2) is 43.6 Å². The summed E-state index contributed by atoms with van der Waals surface area (Å²) in [7, 11) is -3.75. The van der Waals surface area contributed by atoms with E-state index < -0.39 is 10.0 Å². The number of anilines is 1. The lowest BCUT2D eigenvalue weighted by Crippen LogP contribution is -2.43. The van der Waals surface area contributed by atoms with Gasteiger partial charge in [0.25, 0.3) is 10.0 Å². The lowest BCUT2D eigenvalue weighted by Gasteiger charge is -2.29. The van der Waals surface area contributed by atoms with Crippen molar-refractivity contribution in [2.45, 2.75) is 4.90 Å². The zero-order valence-electron chi connectivity index (χ0n) is 13.4. The van der Waals surface area contributed by atoms with E-state index in [1.54, 1.807) is 24.5 Å². The number of nitrogens with zero attached hydrogens (tertiary/aromatic N) is 3. The number of aromatic nitrogens is 2. The van der Waals surface area contributed by atoms with Crippen LogP contribution in [0.25, 0.3) is 11.0 Å². The molecule has 1 aliphatic rings. The lowest BCUT2D eigenvalue weighted by molar-refractivity contribution is 0.588. The van der Waals surface area contributed by atoms with Gasteiger partial charge in [0, 0.05) is 54.7 Å². The fourth-order valence-corrected chi connectivity index (χ4v) is 4.72. The Morgan fingerprint density at radius 2 is 1.92 bits per heavy atom. The van der Waals surface area contributed by atoms with E-state index in [0.717, 1.165) is 37.3 Å². The van der Waals surface area contributed by atoms with Crippen LogP contribution in [0.4, 0.5) is 5.69 Å². The van der Waals surface area contributed by atoms with Crippen molar-refractivity contribution in [2.24, 2.45) is 0 Å². The van der Waals surface area contributed by atoms with Crippen molar-refractivity contribution in [2.75, 3.05) is 31.1 Å². The summed E-state index contributed by atoms with van der Waals surface area (Å²) < 4.78 is 27.2. The Morgan fingerprint density at radius 1 is 1.12 bits per heavy atom. The van der Waals surface area contributed by atoms with Crippen LogP contribution in [0.3, 0.4) is 0 Å². The molecule has 0 amide bonds. The first-order valence-electron chi connectivity index (χ1n) is 8.00. The van der Waals surface area contributed by atoms with Gasteiger partial charge in [0.15, 0.2) is 5.65 Å². The molecule has 0 bridgehead atoms. The van der Waals surface area contributed by atoms with Gasteiger partial charge in [-0.2, -0.15) is 0 Å². The molecule has 0 unspecified atom stereocenters. The van der Waals surface area contributed by atoms with Gasteiger partial charge in [0.05, 0.1) is 4.90 Å². The molecule has 1 aromatic carbocycles. The summed E-state index contributed by atoms with van der Waals surface area (Å²) in [6.45, 7) is 3.58. The molecule has 0 saturated carbocycles. The maximum Gasteiger partial charge on any atom is 0.269 e. The summed E-state index contributed by atoms with van der Waals surface area (Å²) in [5.41, 5.74) is 1.43. The number of benzene rings is 1. The first-order valence-corrected chi connectivity index (χ1v) is 9.82. The van der Waals surface area contributed by atoms with Gasteiger partial charge in [-0.15, -0.1) is 0 Å². The maximum absolute atomic E-state index is 13.0. The predicted octanol–water partition coefficient (Wildman–Crippen LogP) is 2.34. The molecular formula is C17H17ClN4O2S. The van der Waals surface area contributed by atoms with Crippen LogP contribution in [0.2, 0.25) is 5.02 Å². The predicted molar refractivity (Wildman–Crippen MR) is 98.9 cm³/mol. The molecule has 8 heteroatoms. The molecule has 1 fully saturated rings. The van der Waals surface area contributed by atoms with E-state index in [-0.39, 0.29) is 4.90 Å². The Morgan fingerprint density at radius 3 is 2.68 bits per heavy atom. The zero-order valence-corrected chi connectivity index (χ0v) is 15.0. The van der Waals surface area contributed by atoms with Crippen LogP contribution < -0.4 is 10.2 Å². The van der Waals surface area contributed by atoms with Crippen molar-refractivity contribution >= 4 is 38.3 Å². The van der Waals surface area contributed by atoms with Crippen LogP contribution in [-0.2, 0) is 10.0 Å². The molecule has 0 spiro atoms. The highest BCUT2D eigenvalue weighted by Crippen LogP contribution is 2.29. The van der Waals surface area contributed by atoms with Gasteiger partial charge < -0.3 is 10.2 Å². The number of halogens is 1. The number of hydrogen-bond acceptors (Lipinski definition) is 5. The fraction of sp³-hybridized carbons (Fsp3) is 0.235. The second-order valence-electron chi connectivity index (χ2n) is 5.88. The number of piperazine rings is 1. The largest absolute Gasteiger partial charge is 0.368 e. The SMILES string of the molecule is O=S(=O)(c1cccc(Cl)c1)n1ccc2c(N3CCNCC3)ccnc21. The van der Waals surface area contributed by atoms with Crippen molar-refractivity contribution in [3.8, 4) is 0 Å². The first kappa shape index (κ1) is 16.4. The number of rotatable bonds is 3. The summed E-state index contributed by atoms with van der Waals surface area (Å²) in [5, 5.41) is 4.53. The number of fused-ring (bicyclic) bond motifs is 1. The van der Waals surface area contributed by atoms with E-state index in [4.69, 9.17) is 11.6 Å². The minimum Gasteiger partial charge on any atom is -0.368 e. The molecule has 2 aromatic heterocycles. The average Bonchev–Trinajstić information content (AvgIpc) is 3.07. The molecule has 1 aliphatic heterocycles. The van der Waals surface area contributed by atoms with Gasteiger partial charge in [0.1, 0.15) is 0 Å². The Hall–Kier alpha value is -2.09. The second-order valence-corrected chi connectivity index (χ2v) is 8.13. The summed E-state index contributed by atoms with van der Waals surface area (Å²) in [5.74, 6) is 0. The highest BCUT2D eigenvalue weighted by atomic mass is 35.5. The van der Waals surface area contributed by atoms with Crippen molar-refractivity contribution in [3.63, 3.8) is 0 Å². The minimum atomic E-state index is -3.75. The molecule has 1 N–H and O–H groups in total. The van der Waals surface area contributed by atoms with Crippen LogP contribution in [0.1, 0.15) is 0 Å². The molecule has 1 saturated heterocycles. The van der Waals surface area contributed by atoms with Crippen molar-refractivity contribution in [1.82, 2.24) is 14.3 Å². The normalized spacial score (nSPS) is 15.6. The monoisotopic (exact) mass is 376 g/mol. The second kappa shape index (κ2) is 6.33. The minimum absolute atomic E-state index is 0.145. The fourth-order valence-electron chi connectivity index (χ4n) is 3.12.